The minimum Gasteiger partial charge on any atom is -0.480 e. The second-order valence-electron chi connectivity index (χ2n) is 6.26. The lowest BCUT2D eigenvalue weighted by molar-refractivity contribution is -0.138. The molecule has 138 valence electrons. The summed E-state index contributed by atoms with van der Waals surface area (Å²) >= 11 is 1.59. The first kappa shape index (κ1) is 18.2. The average molecular weight is 369 g/mol. The van der Waals surface area contributed by atoms with E-state index in [2.05, 4.69) is 9.97 Å². The Balaban J connectivity index is 1.51. The van der Waals surface area contributed by atoms with E-state index < -0.39 is 24.3 Å². The van der Waals surface area contributed by atoms with Crippen molar-refractivity contribution in [3.63, 3.8) is 0 Å². The minimum absolute atomic E-state index is 0.0886. The number of nitrogens with zero attached hydrogens (tertiary/aromatic N) is 3. The number of aromatic nitrogens is 2. The number of hydrogen-bond acceptors (Lipinski definition) is 9. The summed E-state index contributed by atoms with van der Waals surface area (Å²) in [5, 5.41) is 19.2. The highest BCUT2D eigenvalue weighted by atomic mass is 32.2. The van der Waals surface area contributed by atoms with Gasteiger partial charge in [-0.3, -0.25) is 4.79 Å². The number of ether oxygens (including phenoxy) is 1. The number of carbonyl (C=O) groups is 1. The van der Waals surface area contributed by atoms with Gasteiger partial charge in [0.1, 0.15) is 30.1 Å². The maximum Gasteiger partial charge on any atom is 0.320 e. The summed E-state index contributed by atoms with van der Waals surface area (Å²) in [5.74, 6) is 1.55. The van der Waals surface area contributed by atoms with Crippen molar-refractivity contribution >= 4 is 29.4 Å². The van der Waals surface area contributed by atoms with Crippen LogP contribution < -0.4 is 16.4 Å². The van der Waals surface area contributed by atoms with Gasteiger partial charge in [-0.1, -0.05) is 0 Å². The molecular weight excluding hydrogens is 346 g/mol. The lowest BCUT2D eigenvalue weighted by atomic mass is 10.2. The molecule has 4 atom stereocenters. The first-order valence-electron chi connectivity index (χ1n) is 8.23. The minimum atomic E-state index is -0.984. The molecule has 25 heavy (non-hydrogen) atoms. The Bertz CT molecular complexity index is 634. The van der Waals surface area contributed by atoms with Gasteiger partial charge in [0.05, 0.1) is 6.10 Å². The maximum absolute atomic E-state index is 10.7. The van der Waals surface area contributed by atoms with E-state index in [-0.39, 0.29) is 6.10 Å². The van der Waals surface area contributed by atoms with E-state index in [1.165, 1.54) is 6.33 Å². The second-order valence-corrected chi connectivity index (χ2v) is 7.41. The number of carboxylic acids is 1. The van der Waals surface area contributed by atoms with Crippen LogP contribution in [0.15, 0.2) is 6.33 Å². The Hall–Kier alpha value is -1.62. The molecule has 0 spiro atoms. The lowest BCUT2D eigenvalue weighted by Crippen LogP contribution is -2.41. The molecular formula is C15H23N5O4S. The molecule has 0 saturated carbocycles. The van der Waals surface area contributed by atoms with Crippen LogP contribution >= 0.6 is 11.8 Å². The molecule has 0 aromatic carbocycles. The largest absolute Gasteiger partial charge is 0.480 e. The van der Waals surface area contributed by atoms with Gasteiger partial charge in [0.2, 0.25) is 0 Å². The van der Waals surface area contributed by atoms with Crippen molar-refractivity contribution in [3.8, 4) is 0 Å². The Morgan fingerprint density at radius 2 is 2.32 bits per heavy atom. The molecule has 10 heteroatoms. The molecule has 1 fully saturated rings. The van der Waals surface area contributed by atoms with E-state index in [0.717, 1.165) is 17.8 Å². The van der Waals surface area contributed by atoms with E-state index in [1.807, 2.05) is 4.90 Å². The Labute approximate surface area is 149 Å². The number of aliphatic hydroxyl groups is 1. The molecule has 0 radical (unpaired) electrons. The van der Waals surface area contributed by atoms with Crippen molar-refractivity contribution in [1.29, 1.82) is 0 Å². The Morgan fingerprint density at radius 1 is 1.52 bits per heavy atom. The number of aliphatic carboxylic acids is 1. The molecule has 9 nitrogen and oxygen atoms in total. The zero-order chi connectivity index (χ0) is 18.0. The summed E-state index contributed by atoms with van der Waals surface area (Å²) in [4.78, 5) is 20.9. The summed E-state index contributed by atoms with van der Waals surface area (Å²) in [6.45, 7) is 0.688. The standard InChI is InChI=1S/C15H23N5O4S/c16-10(15(22)23)2-4-25-6-8-5-11(21)14(24-8)20-3-1-9-12(17)18-7-19-13(9)20/h7-8,10-11,14,21H,1-6,16H2,(H,22,23)(H2,17,18,19)/t8-,10-,11+,14+/m0/s1. The van der Waals surface area contributed by atoms with Crippen LogP contribution in [0.1, 0.15) is 18.4 Å². The van der Waals surface area contributed by atoms with E-state index in [4.69, 9.17) is 21.3 Å². The topological polar surface area (TPSA) is 148 Å². The van der Waals surface area contributed by atoms with Crippen LogP contribution in [0, 0.1) is 0 Å². The smallest absolute Gasteiger partial charge is 0.320 e. The predicted octanol–water partition coefficient (Wildman–Crippen LogP) is -0.568. The molecule has 1 aromatic rings. The summed E-state index contributed by atoms with van der Waals surface area (Å²) in [6.07, 6.45) is 1.97. The highest BCUT2D eigenvalue weighted by Gasteiger charge is 2.41. The molecule has 0 bridgehead atoms. The van der Waals surface area contributed by atoms with Crippen LogP contribution in [0.3, 0.4) is 0 Å². The van der Waals surface area contributed by atoms with Gasteiger partial charge in [0.25, 0.3) is 0 Å². The maximum atomic E-state index is 10.7. The summed E-state index contributed by atoms with van der Waals surface area (Å²) < 4.78 is 6.02. The number of carboxylic acid groups (broad SMARTS) is 1. The van der Waals surface area contributed by atoms with Crippen molar-refractivity contribution in [2.24, 2.45) is 5.73 Å². The number of nitrogen functional groups attached to an aromatic ring is 1. The number of rotatable bonds is 7. The first-order chi connectivity index (χ1) is 12.0. The number of fused-ring (bicyclic) bond motifs is 1. The molecule has 0 unspecified atom stereocenters. The molecule has 0 amide bonds. The van der Waals surface area contributed by atoms with Gasteiger partial charge < -0.3 is 31.3 Å². The fraction of sp³-hybridized carbons (Fsp3) is 0.667. The molecule has 6 N–H and O–H groups in total. The van der Waals surface area contributed by atoms with Gasteiger partial charge in [0.15, 0.2) is 6.23 Å². The monoisotopic (exact) mass is 369 g/mol. The number of anilines is 2. The van der Waals surface area contributed by atoms with E-state index in [9.17, 15) is 9.90 Å². The summed E-state index contributed by atoms with van der Waals surface area (Å²) in [6, 6.07) is -0.832. The second kappa shape index (κ2) is 7.73. The van der Waals surface area contributed by atoms with Crippen LogP contribution in [0.5, 0.6) is 0 Å². The normalized spacial score (nSPS) is 26.6. The van der Waals surface area contributed by atoms with Gasteiger partial charge in [-0.15, -0.1) is 0 Å². The van der Waals surface area contributed by atoms with E-state index >= 15 is 0 Å². The van der Waals surface area contributed by atoms with E-state index in [1.54, 1.807) is 11.8 Å². The van der Waals surface area contributed by atoms with Crippen LogP contribution in [-0.4, -0.2) is 68.7 Å². The number of nitrogens with two attached hydrogens (primary N) is 2. The molecule has 1 saturated heterocycles. The third-order valence-electron chi connectivity index (χ3n) is 4.50. The molecule has 1 aromatic heterocycles. The molecule has 3 heterocycles. The predicted molar refractivity (Wildman–Crippen MR) is 94.3 cm³/mol. The fourth-order valence-electron chi connectivity index (χ4n) is 3.16. The van der Waals surface area contributed by atoms with Crippen molar-refractivity contribution in [2.45, 2.75) is 43.7 Å². The van der Waals surface area contributed by atoms with E-state index in [0.29, 0.717) is 36.7 Å². The zero-order valence-electron chi connectivity index (χ0n) is 13.7. The summed E-state index contributed by atoms with van der Waals surface area (Å²) in [5.41, 5.74) is 12.3. The fourth-order valence-corrected chi connectivity index (χ4v) is 4.22. The van der Waals surface area contributed by atoms with Gasteiger partial charge >= 0.3 is 5.97 Å². The van der Waals surface area contributed by atoms with Crippen molar-refractivity contribution in [2.75, 3.05) is 28.7 Å². The zero-order valence-corrected chi connectivity index (χ0v) is 14.6. The molecule has 0 aliphatic carbocycles. The van der Waals surface area contributed by atoms with Gasteiger partial charge in [-0.2, -0.15) is 11.8 Å². The number of hydrogen-bond donors (Lipinski definition) is 4. The van der Waals surface area contributed by atoms with Crippen LogP contribution in [0.2, 0.25) is 0 Å². The molecule has 2 aliphatic heterocycles. The number of thioether (sulfide) groups is 1. The lowest BCUT2D eigenvalue weighted by Gasteiger charge is -2.27. The number of aliphatic hydroxyl groups excluding tert-OH is 1. The van der Waals surface area contributed by atoms with Crippen molar-refractivity contribution < 1.29 is 19.7 Å². The molecule has 2 aliphatic rings. The van der Waals surface area contributed by atoms with Gasteiger partial charge in [0, 0.05) is 24.3 Å². The third kappa shape index (κ3) is 3.97. The highest BCUT2D eigenvalue weighted by Crippen LogP contribution is 2.35. The molecule has 3 rings (SSSR count). The van der Waals surface area contributed by atoms with Crippen LogP contribution in [-0.2, 0) is 16.0 Å². The summed E-state index contributed by atoms with van der Waals surface area (Å²) in [7, 11) is 0. The highest BCUT2D eigenvalue weighted by molar-refractivity contribution is 7.99. The van der Waals surface area contributed by atoms with Gasteiger partial charge in [-0.25, -0.2) is 9.97 Å². The first-order valence-corrected chi connectivity index (χ1v) is 9.38. The van der Waals surface area contributed by atoms with Crippen LogP contribution in [0.25, 0.3) is 0 Å². The SMILES string of the molecule is Nc1ncnc2c1CCN2[C@@H]1O[C@H](CSCC[C@H](N)C(=O)O)C[C@H]1O. The van der Waals surface area contributed by atoms with Crippen molar-refractivity contribution in [3.05, 3.63) is 11.9 Å². The Kier molecular flexibility index (Phi) is 5.62. The van der Waals surface area contributed by atoms with Crippen LogP contribution in [0.4, 0.5) is 11.6 Å². The van der Waals surface area contributed by atoms with Crippen molar-refractivity contribution in [1.82, 2.24) is 9.97 Å². The third-order valence-corrected chi connectivity index (χ3v) is 5.63. The Morgan fingerprint density at radius 3 is 3.08 bits per heavy atom. The average Bonchev–Trinajstić information content (AvgIpc) is 3.15. The van der Waals surface area contributed by atoms with Gasteiger partial charge in [-0.05, 0) is 18.6 Å². The quantitative estimate of drug-likeness (QED) is 0.461.